The number of carbonyl (C=O) groups excluding carboxylic acids is 1. The SMILES string of the molecule is CN(CC(F)(F)C(F)(F)C(F)(F)F)C(=O)CCc1ccc(CCCCC2c3ccc(O)cc3CCC2(C)c2ccc(O)cc2)cc1. The first-order valence-corrected chi connectivity index (χ1v) is 15.2. The molecule has 3 aromatic rings. The van der Waals surface area contributed by atoms with Gasteiger partial charge in [-0.05, 0) is 102 Å². The monoisotopic (exact) mass is 653 g/mol. The highest BCUT2D eigenvalue weighted by Gasteiger charge is 2.73. The minimum Gasteiger partial charge on any atom is -0.508 e. The lowest BCUT2D eigenvalue weighted by Crippen LogP contribution is -2.57. The van der Waals surface area contributed by atoms with Crippen molar-refractivity contribution in [2.24, 2.45) is 0 Å². The number of hydrogen-bond donors (Lipinski definition) is 2. The largest absolute Gasteiger partial charge is 0.508 e. The number of aromatic hydroxyl groups is 2. The van der Waals surface area contributed by atoms with E-state index in [1.54, 1.807) is 30.3 Å². The van der Waals surface area contributed by atoms with Crippen molar-refractivity contribution in [1.82, 2.24) is 4.90 Å². The number of unbranched alkanes of at least 4 members (excludes halogenated alkanes) is 1. The maximum absolute atomic E-state index is 13.7. The summed E-state index contributed by atoms with van der Waals surface area (Å²) in [7, 11) is 0.773. The molecular weight excluding hydrogens is 615 g/mol. The highest BCUT2D eigenvalue weighted by Crippen LogP contribution is 2.50. The molecule has 0 bridgehead atoms. The summed E-state index contributed by atoms with van der Waals surface area (Å²) in [6.45, 7) is 0.199. The van der Waals surface area contributed by atoms with Crippen molar-refractivity contribution >= 4 is 5.91 Å². The summed E-state index contributed by atoms with van der Waals surface area (Å²) < 4.78 is 90.9. The van der Waals surface area contributed by atoms with Crippen LogP contribution in [0.25, 0.3) is 0 Å². The molecule has 0 aromatic heterocycles. The Hall–Kier alpha value is -3.76. The van der Waals surface area contributed by atoms with Gasteiger partial charge in [0.2, 0.25) is 5.91 Å². The first-order valence-electron chi connectivity index (χ1n) is 15.2. The van der Waals surface area contributed by atoms with Gasteiger partial charge in [0, 0.05) is 13.5 Å². The molecule has 0 heterocycles. The molecular formula is C35H38F7NO3. The first kappa shape index (κ1) is 35.1. The van der Waals surface area contributed by atoms with Gasteiger partial charge in [-0.15, -0.1) is 0 Å². The second-order valence-electron chi connectivity index (χ2n) is 12.5. The normalized spacial score (nSPS) is 18.7. The molecule has 4 rings (SSSR count). The number of alkyl halides is 7. The van der Waals surface area contributed by atoms with Gasteiger partial charge in [-0.1, -0.05) is 55.8 Å². The zero-order chi connectivity index (χ0) is 33.9. The number of rotatable bonds is 12. The molecule has 0 radical (unpaired) electrons. The minimum absolute atomic E-state index is 0.108. The molecule has 250 valence electrons. The predicted octanol–water partition coefficient (Wildman–Crippen LogP) is 8.72. The van der Waals surface area contributed by atoms with Gasteiger partial charge >= 0.3 is 18.0 Å². The summed E-state index contributed by atoms with van der Waals surface area (Å²) in [6.07, 6.45) is -1.39. The van der Waals surface area contributed by atoms with Gasteiger partial charge in [0.05, 0.1) is 6.54 Å². The van der Waals surface area contributed by atoms with Gasteiger partial charge in [0.15, 0.2) is 0 Å². The Labute approximate surface area is 263 Å². The number of halogens is 7. The fourth-order valence-corrected chi connectivity index (χ4v) is 6.41. The lowest BCUT2D eigenvalue weighted by molar-refractivity contribution is -0.355. The van der Waals surface area contributed by atoms with Crippen molar-refractivity contribution in [3.05, 3.63) is 94.5 Å². The number of aryl methyl sites for hydroxylation is 3. The molecule has 2 N–H and O–H groups in total. The van der Waals surface area contributed by atoms with Gasteiger partial charge in [-0.25, -0.2) is 0 Å². The van der Waals surface area contributed by atoms with Crippen LogP contribution < -0.4 is 0 Å². The van der Waals surface area contributed by atoms with E-state index >= 15 is 0 Å². The zero-order valence-corrected chi connectivity index (χ0v) is 25.7. The number of phenols is 2. The van der Waals surface area contributed by atoms with E-state index in [0.29, 0.717) is 5.56 Å². The third-order valence-corrected chi connectivity index (χ3v) is 9.25. The van der Waals surface area contributed by atoms with E-state index in [-0.39, 0.29) is 40.6 Å². The minimum atomic E-state index is -6.44. The molecule has 0 fully saturated rings. The Morgan fingerprint density at radius 1 is 0.848 bits per heavy atom. The number of phenolic OH excluding ortho intramolecular Hbond substituents is 2. The van der Waals surface area contributed by atoms with Crippen LogP contribution >= 0.6 is 0 Å². The maximum Gasteiger partial charge on any atom is 0.459 e. The molecule has 2 unspecified atom stereocenters. The van der Waals surface area contributed by atoms with Crippen LogP contribution in [0.3, 0.4) is 0 Å². The van der Waals surface area contributed by atoms with Gasteiger partial charge in [-0.2, -0.15) is 30.7 Å². The van der Waals surface area contributed by atoms with E-state index in [9.17, 15) is 45.7 Å². The van der Waals surface area contributed by atoms with Crippen molar-refractivity contribution in [3.63, 3.8) is 0 Å². The van der Waals surface area contributed by atoms with Crippen LogP contribution in [0.2, 0.25) is 0 Å². The number of benzene rings is 3. The molecule has 1 aliphatic rings. The second-order valence-corrected chi connectivity index (χ2v) is 12.5. The van der Waals surface area contributed by atoms with Crippen LogP contribution in [0.4, 0.5) is 30.7 Å². The van der Waals surface area contributed by atoms with Crippen LogP contribution in [-0.2, 0) is 29.5 Å². The zero-order valence-electron chi connectivity index (χ0n) is 25.7. The summed E-state index contributed by atoms with van der Waals surface area (Å²) >= 11 is 0. The van der Waals surface area contributed by atoms with Crippen LogP contribution in [0.15, 0.2) is 66.7 Å². The number of nitrogens with zero attached hydrogens (tertiary/aromatic N) is 1. The standard InChI is InChI=1S/C35H38F7NO3/c1-32(26-12-14-27(44)15-13-26)20-19-25-21-28(45)16-17-29(25)30(32)6-4-3-5-23-7-9-24(10-8-23)11-18-31(46)43(2)22-33(36,37)34(38,39)35(40,41)42/h7-10,12-17,21,30,44-45H,3-6,11,18-20,22H2,1-2H3. The number of hydrogen-bond acceptors (Lipinski definition) is 3. The van der Waals surface area contributed by atoms with E-state index in [2.05, 4.69) is 6.92 Å². The number of amides is 1. The van der Waals surface area contributed by atoms with Crippen molar-refractivity contribution in [2.45, 2.75) is 87.6 Å². The molecule has 0 saturated carbocycles. The fourth-order valence-electron chi connectivity index (χ4n) is 6.41. The van der Waals surface area contributed by atoms with Gasteiger partial charge in [0.25, 0.3) is 0 Å². The van der Waals surface area contributed by atoms with Crippen LogP contribution in [0.5, 0.6) is 11.5 Å². The third kappa shape index (κ3) is 7.61. The average molecular weight is 654 g/mol. The highest BCUT2D eigenvalue weighted by molar-refractivity contribution is 5.76. The third-order valence-electron chi connectivity index (χ3n) is 9.25. The van der Waals surface area contributed by atoms with E-state index in [0.717, 1.165) is 62.3 Å². The quantitative estimate of drug-likeness (QED) is 0.152. The molecule has 3 aromatic carbocycles. The summed E-state index contributed by atoms with van der Waals surface area (Å²) in [4.78, 5) is 12.4. The molecule has 11 heteroatoms. The molecule has 0 saturated heterocycles. The lowest BCUT2D eigenvalue weighted by Gasteiger charge is -2.43. The van der Waals surface area contributed by atoms with Crippen molar-refractivity contribution in [1.29, 1.82) is 0 Å². The average Bonchev–Trinajstić information content (AvgIpc) is 2.99. The molecule has 1 aliphatic carbocycles. The van der Waals surface area contributed by atoms with Crippen molar-refractivity contribution in [3.8, 4) is 11.5 Å². The molecule has 0 aliphatic heterocycles. The van der Waals surface area contributed by atoms with E-state index in [1.165, 1.54) is 5.56 Å². The predicted molar refractivity (Wildman–Crippen MR) is 161 cm³/mol. The Morgan fingerprint density at radius 2 is 1.43 bits per heavy atom. The molecule has 4 nitrogen and oxygen atoms in total. The van der Waals surface area contributed by atoms with Crippen molar-refractivity contribution < 1.29 is 45.7 Å². The highest BCUT2D eigenvalue weighted by atomic mass is 19.4. The Kier molecular flexibility index (Phi) is 10.3. The van der Waals surface area contributed by atoms with Crippen molar-refractivity contribution in [2.75, 3.05) is 13.6 Å². The Balaban J connectivity index is 1.31. The summed E-state index contributed by atoms with van der Waals surface area (Å²) in [5.41, 5.74) is 5.12. The molecule has 1 amide bonds. The van der Waals surface area contributed by atoms with Gasteiger partial charge < -0.3 is 15.1 Å². The van der Waals surface area contributed by atoms with Crippen LogP contribution in [-0.4, -0.2) is 52.6 Å². The lowest BCUT2D eigenvalue weighted by atomic mass is 9.60. The maximum atomic E-state index is 13.7. The Morgan fingerprint density at radius 3 is 2.04 bits per heavy atom. The first-order chi connectivity index (χ1) is 21.4. The molecule has 0 spiro atoms. The number of carbonyl (C=O) groups is 1. The Bertz CT molecular complexity index is 1490. The summed E-state index contributed by atoms with van der Waals surface area (Å²) in [5, 5.41) is 19.9. The second kappa shape index (κ2) is 13.5. The van der Waals surface area contributed by atoms with E-state index in [1.807, 2.05) is 36.4 Å². The van der Waals surface area contributed by atoms with E-state index < -0.39 is 30.5 Å². The molecule has 46 heavy (non-hydrogen) atoms. The van der Waals surface area contributed by atoms with Gasteiger partial charge in [-0.3, -0.25) is 4.79 Å². The van der Waals surface area contributed by atoms with Crippen LogP contribution in [0, 0.1) is 0 Å². The van der Waals surface area contributed by atoms with E-state index in [4.69, 9.17) is 0 Å². The summed E-state index contributed by atoms with van der Waals surface area (Å²) in [5.74, 6) is -12.0. The topological polar surface area (TPSA) is 60.8 Å². The summed E-state index contributed by atoms with van der Waals surface area (Å²) in [6, 6.07) is 20.3. The number of fused-ring (bicyclic) bond motifs is 1. The van der Waals surface area contributed by atoms with Gasteiger partial charge in [0.1, 0.15) is 11.5 Å². The fraction of sp³-hybridized carbons (Fsp3) is 0.457. The molecule has 2 atom stereocenters. The van der Waals surface area contributed by atoms with Crippen LogP contribution in [0.1, 0.15) is 72.8 Å². The smallest absolute Gasteiger partial charge is 0.459 e.